The summed E-state index contributed by atoms with van der Waals surface area (Å²) in [4.78, 5) is 19.8. The van der Waals surface area contributed by atoms with Crippen LogP contribution in [-0.4, -0.2) is 95.9 Å². The van der Waals surface area contributed by atoms with E-state index in [1.54, 1.807) is 0 Å². The molecule has 8 fully saturated rings. The van der Waals surface area contributed by atoms with E-state index in [9.17, 15) is 0 Å². The molecule has 8 unspecified atom stereocenters. The molecular weight excluding hydrogens is 809 g/mol. The highest BCUT2D eigenvalue weighted by molar-refractivity contribution is 6.00. The molecule has 6 aliphatic heterocycles. The molecule has 12 heteroatoms. The van der Waals surface area contributed by atoms with E-state index in [4.69, 9.17) is 47.9 Å². The molecule has 18 aliphatic rings. The van der Waals surface area contributed by atoms with Crippen molar-refractivity contribution in [3.8, 4) is 0 Å². The predicted molar refractivity (Wildman–Crippen MR) is 233 cm³/mol. The summed E-state index contributed by atoms with van der Waals surface area (Å²) in [5.74, 6) is -0.542. The van der Waals surface area contributed by atoms with Crippen molar-refractivity contribution in [3.63, 3.8) is 0 Å². The number of fused-ring (bicyclic) bond motifs is 12. The van der Waals surface area contributed by atoms with Gasteiger partial charge >= 0.3 is 0 Å². The second kappa shape index (κ2) is 12.2. The largest absolute Gasteiger partial charge is 0.355 e. The molecule has 4 spiro atoms. The van der Waals surface area contributed by atoms with Crippen LogP contribution in [0.1, 0.15) is 146 Å². The Balaban J connectivity index is 0.991. The van der Waals surface area contributed by atoms with Gasteiger partial charge in [-0.1, -0.05) is 0 Å². The number of hydrogen-bond acceptors (Lipinski definition) is 10. The van der Waals surface area contributed by atoms with E-state index in [1.165, 1.54) is 61.1 Å². The lowest BCUT2D eigenvalue weighted by Gasteiger charge is -2.49. The zero-order valence-corrected chi connectivity index (χ0v) is 36.2. The van der Waals surface area contributed by atoms with Crippen molar-refractivity contribution >= 4 is 44.4 Å². The van der Waals surface area contributed by atoms with Crippen molar-refractivity contribution < 1.29 is 37.9 Å². The first-order chi connectivity index (χ1) is 31.5. The van der Waals surface area contributed by atoms with Gasteiger partial charge in [0.25, 0.3) is 0 Å². The van der Waals surface area contributed by atoms with Gasteiger partial charge in [0.15, 0.2) is 23.1 Å². The number of allylic oxidation sites excluding steroid dienone is 2. The van der Waals surface area contributed by atoms with Crippen LogP contribution >= 0.6 is 0 Å². The normalized spacial score (nSPS) is 36.6. The van der Waals surface area contributed by atoms with Crippen molar-refractivity contribution in [1.82, 2.24) is 19.9 Å². The number of aromatic amines is 2. The van der Waals surface area contributed by atoms with Gasteiger partial charge in [0, 0.05) is 71.4 Å². The van der Waals surface area contributed by atoms with Gasteiger partial charge in [-0.15, -0.1) is 0 Å². The number of aromatic nitrogens is 4. The van der Waals surface area contributed by atoms with E-state index in [1.807, 2.05) is 0 Å². The zero-order valence-electron chi connectivity index (χ0n) is 36.2. The van der Waals surface area contributed by atoms with Gasteiger partial charge in [0.05, 0.1) is 75.6 Å². The van der Waals surface area contributed by atoms with Crippen LogP contribution in [0.25, 0.3) is 44.4 Å². The standard InChI is InChI=1S/C52H54N4O8/c1-5-29-45-37-18-34-42-26-3-7-31(51(22-26)61-13-14-62-51)47(42)39(55-34)20-36-44-28-4-8-32(52(24-28)63-15-16-64-52)48(44)40(56-36)19-35-43-27-2-6-30(50(23-27)59-11-12-60-50)46(43)38(54-35)17-33(53-37)41(45)25(1)21-49(29)57-9-10-58-49/h17-20,25-32,53-54H,1-16,21-24H2. The first-order valence-corrected chi connectivity index (χ1v) is 24.9. The molecule has 12 aliphatic carbocycles. The van der Waals surface area contributed by atoms with Gasteiger partial charge in [-0.2, -0.15) is 0 Å². The molecule has 330 valence electrons. The zero-order chi connectivity index (χ0) is 41.3. The smallest absolute Gasteiger partial charge is 0.175 e. The monoisotopic (exact) mass is 862 g/mol. The Morgan fingerprint density at radius 1 is 0.344 bits per heavy atom. The molecule has 9 heterocycles. The highest BCUT2D eigenvalue weighted by Crippen LogP contribution is 2.65. The Labute approximate surface area is 370 Å². The second-order valence-corrected chi connectivity index (χ2v) is 21.7. The summed E-state index contributed by atoms with van der Waals surface area (Å²) in [6.07, 6.45) is 12.2. The molecule has 16 bridgehead atoms. The average molecular weight is 863 g/mol. The van der Waals surface area contributed by atoms with E-state index < -0.39 is 23.1 Å². The summed E-state index contributed by atoms with van der Waals surface area (Å²) in [6.45, 7) is 5.19. The van der Waals surface area contributed by atoms with Gasteiger partial charge in [-0.25, -0.2) is 9.97 Å². The van der Waals surface area contributed by atoms with Crippen molar-refractivity contribution in [1.29, 1.82) is 0 Å². The Hall–Kier alpha value is -3.72. The topological polar surface area (TPSA) is 131 Å². The van der Waals surface area contributed by atoms with Crippen LogP contribution in [0.2, 0.25) is 0 Å². The minimum absolute atomic E-state index is 0.117. The lowest BCUT2D eigenvalue weighted by Crippen LogP contribution is -2.48. The molecule has 4 saturated carbocycles. The quantitative estimate of drug-likeness (QED) is 0.226. The van der Waals surface area contributed by atoms with Crippen molar-refractivity contribution in [2.24, 2.45) is 23.7 Å². The van der Waals surface area contributed by atoms with Gasteiger partial charge in [0.2, 0.25) is 0 Å². The third kappa shape index (κ3) is 4.41. The molecule has 0 aromatic carbocycles. The molecular formula is C52H54N4O8. The molecule has 3 aromatic rings. The minimum Gasteiger partial charge on any atom is -0.355 e. The number of hydrogen-bond donors (Lipinski definition) is 2. The molecule has 12 nitrogen and oxygen atoms in total. The lowest BCUT2D eigenvalue weighted by molar-refractivity contribution is -0.207. The minimum atomic E-state index is -0.585. The maximum absolute atomic E-state index is 6.65. The molecule has 8 atom stereocenters. The molecule has 3 aromatic heterocycles. The molecule has 2 N–H and O–H groups in total. The van der Waals surface area contributed by atoms with Gasteiger partial charge in [-0.05, 0) is 144 Å². The summed E-state index contributed by atoms with van der Waals surface area (Å²) in [7, 11) is 0. The number of rotatable bonds is 0. The van der Waals surface area contributed by atoms with Crippen LogP contribution in [0.4, 0.5) is 0 Å². The average Bonchev–Trinajstić information content (AvgIpc) is 4.19. The highest BCUT2D eigenvalue weighted by Gasteiger charge is 2.61. The third-order valence-corrected chi connectivity index (χ3v) is 19.2. The highest BCUT2D eigenvalue weighted by atomic mass is 16.8. The van der Waals surface area contributed by atoms with Crippen LogP contribution in [-0.2, 0) is 37.9 Å². The maximum Gasteiger partial charge on any atom is 0.175 e. The van der Waals surface area contributed by atoms with E-state index >= 15 is 0 Å². The molecule has 21 rings (SSSR count). The summed E-state index contributed by atoms with van der Waals surface area (Å²) in [5, 5.41) is 0. The number of nitrogens with one attached hydrogen (secondary N) is 2. The van der Waals surface area contributed by atoms with Gasteiger partial charge < -0.3 is 47.9 Å². The Kier molecular flexibility index (Phi) is 6.96. The SMILES string of the molecule is c1c2nc(cc3[nH]c(cc4[nH]c(cc5nc1C1=C5C5CCC1C1(C5)OCCO1)c1c4C4CCC1C1(C4)OCCO1)c1c3C3CCC1C1(C3)OCCO1)C1=C2C2CCC1C1(C2)OCCO1. The second-order valence-electron chi connectivity index (χ2n) is 21.7. The van der Waals surface area contributed by atoms with Crippen molar-refractivity contribution in [2.45, 2.75) is 124 Å². The van der Waals surface area contributed by atoms with Gasteiger partial charge in [0.1, 0.15) is 0 Å². The van der Waals surface area contributed by atoms with Crippen LogP contribution in [0.5, 0.6) is 0 Å². The summed E-state index contributed by atoms with van der Waals surface area (Å²) >= 11 is 0. The van der Waals surface area contributed by atoms with Gasteiger partial charge in [-0.3, -0.25) is 0 Å². The van der Waals surface area contributed by atoms with Crippen LogP contribution < -0.4 is 0 Å². The first kappa shape index (κ1) is 36.4. The van der Waals surface area contributed by atoms with Crippen molar-refractivity contribution in [3.05, 3.63) is 69.3 Å². The van der Waals surface area contributed by atoms with E-state index in [2.05, 4.69) is 34.2 Å². The number of ether oxygens (including phenoxy) is 8. The molecule has 4 saturated heterocycles. The van der Waals surface area contributed by atoms with Crippen LogP contribution in [0, 0.1) is 23.7 Å². The fourth-order valence-corrected chi connectivity index (χ4v) is 17.2. The van der Waals surface area contributed by atoms with Crippen molar-refractivity contribution in [2.75, 3.05) is 52.9 Å². The Bertz CT molecular complexity index is 2870. The van der Waals surface area contributed by atoms with Crippen LogP contribution in [0.15, 0.2) is 24.3 Å². The molecule has 0 radical (unpaired) electrons. The number of nitrogens with zero attached hydrogens (tertiary/aromatic N) is 2. The number of H-pyrrole nitrogens is 2. The van der Waals surface area contributed by atoms with E-state index in [-0.39, 0.29) is 23.7 Å². The van der Waals surface area contributed by atoms with E-state index in [0.29, 0.717) is 76.5 Å². The van der Waals surface area contributed by atoms with Crippen LogP contribution in [0.3, 0.4) is 0 Å². The Morgan fingerprint density at radius 2 is 0.672 bits per heavy atom. The predicted octanol–water partition coefficient (Wildman–Crippen LogP) is 8.70. The maximum atomic E-state index is 6.65. The summed E-state index contributed by atoms with van der Waals surface area (Å²) < 4.78 is 53.2. The summed E-state index contributed by atoms with van der Waals surface area (Å²) in [5.41, 5.74) is 19.9. The Morgan fingerprint density at radius 3 is 1.16 bits per heavy atom. The molecule has 0 amide bonds. The third-order valence-electron chi connectivity index (χ3n) is 19.2. The summed E-state index contributed by atoms with van der Waals surface area (Å²) in [6, 6.07) is 9.63. The van der Waals surface area contributed by atoms with E-state index in [0.717, 1.165) is 105 Å². The lowest BCUT2D eigenvalue weighted by atomic mass is 9.62. The fraction of sp³-hybridized carbons (Fsp3) is 0.615. The first-order valence-electron chi connectivity index (χ1n) is 24.9. The molecule has 64 heavy (non-hydrogen) atoms. The fourth-order valence-electron chi connectivity index (χ4n) is 17.2.